The van der Waals surface area contributed by atoms with E-state index in [1.54, 1.807) is 63.2 Å². The summed E-state index contributed by atoms with van der Waals surface area (Å²) < 4.78 is 80.2. The Morgan fingerprint density at radius 1 is 0.519 bits per heavy atom. The van der Waals surface area contributed by atoms with Gasteiger partial charge in [-0.25, -0.2) is 41.5 Å². The van der Waals surface area contributed by atoms with E-state index < -0.39 is 24.7 Å². The number of carboxylic acid groups (broad SMARTS) is 1. The van der Waals surface area contributed by atoms with E-state index in [0.717, 1.165) is 120 Å². The van der Waals surface area contributed by atoms with Crippen LogP contribution in [-0.4, -0.2) is 154 Å². The zero-order valence-electron chi connectivity index (χ0n) is 75.0. The molecule has 133 heavy (non-hydrogen) atoms. The van der Waals surface area contributed by atoms with Gasteiger partial charge in [0.05, 0.1) is 24.3 Å². The zero-order valence-corrected chi connectivity index (χ0v) is 79.5. The van der Waals surface area contributed by atoms with Gasteiger partial charge in [0.25, 0.3) is 5.91 Å². The Kier molecular flexibility index (Phi) is 46.4. The Morgan fingerprint density at radius 3 is 1.28 bits per heavy atom. The quantitative estimate of drug-likeness (QED) is 0.0125. The minimum atomic E-state index is -1.51. The number of benzene rings is 9. The number of nitrogens with zero attached hydrogens (tertiary/aromatic N) is 1. The summed E-state index contributed by atoms with van der Waals surface area (Å²) in [6, 6.07) is 63.2. The maximum Gasteiger partial charge on any atom is 1.00 e. The van der Waals surface area contributed by atoms with Crippen molar-refractivity contribution in [2.45, 2.75) is 119 Å². The molecule has 33 heteroatoms. The predicted molar refractivity (Wildman–Crippen MR) is 522 cm³/mol. The summed E-state index contributed by atoms with van der Waals surface area (Å²) in [5.74, 6) is -0.908. The number of carbonyl (C=O) groups excluding carboxylic acids is 5. The van der Waals surface area contributed by atoms with Crippen molar-refractivity contribution in [3.8, 4) is 33.4 Å². The molecular weight excluding hydrogens is 1800 g/mol. The first-order chi connectivity index (χ1) is 62.6. The third-order valence-electron chi connectivity index (χ3n) is 21.3. The number of nitrogens with two attached hydrogens (primary N) is 1. The number of carbonyl (C=O) groups is 6. The SMILES string of the molecule is C.C1CCOC1.CC(C)(C)OC(=O)NC[C@H]1CC[C@H](CN)C1.CCOC(=O)c1[nH]c2ccccc2c1-c1ccc(F)cc1.CCOC(=O)c1[nH]c2ccccc2c1Br.CCOC(=O)c1cc2ccccc2[nH]1.CC[C@H]1CCC(CNC(=O)c2[nH]c3ccccc3c2-c2ccc(F)cc2)C1.O=C(O)c1[nH]c2ccccc2c1-c1ccc(F)cc1.OB(O)c1ccc(F)cc1.[B]=NS.[HH].[Na+].[OH-]. The number of carboxylic acids is 1. The van der Waals surface area contributed by atoms with Crippen molar-refractivity contribution in [1.82, 2.24) is 35.6 Å². The summed E-state index contributed by atoms with van der Waals surface area (Å²) in [4.78, 5) is 86.0. The molecule has 13 N–H and O–H groups in total. The van der Waals surface area contributed by atoms with E-state index in [9.17, 15) is 51.4 Å². The number of amides is 2. The number of aromatic carboxylic acids is 1. The fourth-order valence-corrected chi connectivity index (χ4v) is 15.6. The maximum absolute atomic E-state index is 13.4. The average Bonchev–Trinajstić information content (AvgIpc) is 1.64. The van der Waals surface area contributed by atoms with Crippen LogP contribution in [0.3, 0.4) is 0 Å². The number of para-hydroxylation sites is 5. The summed E-state index contributed by atoms with van der Waals surface area (Å²) in [5, 5.41) is 37.0. The third-order valence-corrected chi connectivity index (χ3v) is 22.1. The number of nitrogens with one attached hydrogen (secondary N) is 7. The van der Waals surface area contributed by atoms with Crippen LogP contribution in [0.2, 0.25) is 0 Å². The van der Waals surface area contributed by atoms with Crippen LogP contribution in [0.15, 0.2) is 233 Å². The number of thiol groups is 1. The number of hydrogen-bond donors (Lipinski definition) is 12. The predicted octanol–water partition coefficient (Wildman–Crippen LogP) is 18.9. The molecule has 6 heterocycles. The second-order valence-electron chi connectivity index (χ2n) is 31.6. The van der Waals surface area contributed by atoms with E-state index in [2.05, 4.69) is 83.2 Å². The van der Waals surface area contributed by atoms with Gasteiger partial charge in [-0.3, -0.25) is 4.79 Å². The van der Waals surface area contributed by atoms with E-state index in [-0.39, 0.29) is 96.8 Å². The molecule has 1 saturated heterocycles. The standard InChI is InChI=1S/C23H25FN2O.C17H14FNO2.C15H10FNO2.C12H24N2O2.C11H10BrNO2.C11H11NO2.C6H6BFO2.C4H8O.CH4.BHNS.Na.H2O.H2/c1-2-15-7-8-16(13-15)14-25-23(27)22-21(17-9-11-18(24)12-10-17)19-5-3-4-6-20(19)26-22;1-2-21-17(20)16-15(11-7-9-12(18)10-8-11)13-5-3-4-6-14(13)19-16;16-10-7-5-9(6-8-10)13-11-3-1-2-4-12(11)17-14(13)15(18)19;1-12(2,3)16-11(15)14-8-10-5-4-9(6-10)7-13;1-2-15-11(14)10-9(12)7-5-3-4-6-8(7)13-10;1-2-14-11(13)10-7-8-5-3-4-6-9(8)12-10;8-6-3-1-5(2-4-6)7(9)10;1-2-4-5-3-1;;1-2-3;;;/h3-6,9-12,15-16,26H,2,7-8,13-14H2,1H3,(H,25,27);3-10,19H,2H2,1H3;1-8,17H,(H,18,19);9-10H,4-8,13H2,1-3H3,(H,14,15);3-6,13H,2H2,1H3;3-7,12H,2H2,1H3;1-4,9-10H;1-4H2;1H4;3H;;1H2;1H/q;;;;;;;;;;+1;;/p-1/t15-,16?;;;9-,10-;;;;;;;;;/m0..0........./s1. The summed E-state index contributed by atoms with van der Waals surface area (Å²) in [5.41, 5.74) is 16.4. The molecule has 699 valence electrons. The van der Waals surface area contributed by atoms with Crippen LogP contribution in [0.1, 0.15) is 168 Å². The van der Waals surface area contributed by atoms with Crippen molar-refractivity contribution >= 4 is 139 Å². The minimum Gasteiger partial charge on any atom is -0.870 e. The van der Waals surface area contributed by atoms with Gasteiger partial charge in [-0.1, -0.05) is 167 Å². The van der Waals surface area contributed by atoms with Crippen LogP contribution in [0, 0.1) is 46.9 Å². The van der Waals surface area contributed by atoms with Gasteiger partial charge in [-0.2, -0.15) is 0 Å². The molecule has 2 saturated carbocycles. The molecule has 14 aromatic rings. The summed E-state index contributed by atoms with van der Waals surface area (Å²) in [6.45, 7) is 18.5. The molecule has 2 amide bonds. The topological polar surface area (TPSA) is 381 Å². The van der Waals surface area contributed by atoms with Gasteiger partial charge in [0, 0.05) is 98.9 Å². The fourth-order valence-electron chi connectivity index (χ4n) is 15.0. The van der Waals surface area contributed by atoms with Crippen LogP contribution in [0.5, 0.6) is 0 Å². The number of aromatic nitrogens is 5. The second-order valence-corrected chi connectivity index (χ2v) is 32.6. The van der Waals surface area contributed by atoms with Gasteiger partial charge in [-0.15, -0.1) is 0 Å². The Bertz CT molecular complexity index is 5980. The Balaban J connectivity index is 0.000000275. The molecule has 1 radical (unpaired) electrons. The Labute approximate surface area is 810 Å². The Hall–Kier alpha value is -11.4. The molecule has 5 aromatic heterocycles. The number of alkyl carbamates (subject to hydrolysis) is 1. The number of fused-ring (bicyclic) bond motifs is 5. The van der Waals surface area contributed by atoms with Crippen LogP contribution in [0.4, 0.5) is 22.4 Å². The molecule has 17 rings (SSSR count). The number of H-pyrrole nitrogens is 5. The fraction of sp³-hybridized carbons (Fsp3) is 0.300. The number of aromatic amines is 5. The average molecular weight is 1920 g/mol. The smallest absolute Gasteiger partial charge is 0.870 e. The second kappa shape index (κ2) is 55.9. The summed E-state index contributed by atoms with van der Waals surface area (Å²) >= 11 is 6.58. The number of rotatable bonds is 18. The molecule has 1 aliphatic heterocycles. The van der Waals surface area contributed by atoms with Gasteiger partial charge >= 0.3 is 91.4 Å². The Morgan fingerprint density at radius 2 is 0.880 bits per heavy atom. The van der Waals surface area contributed by atoms with Crippen molar-refractivity contribution in [3.05, 3.63) is 281 Å². The molecule has 1 unspecified atom stereocenters. The normalized spacial score (nSPS) is 14.2. The molecule has 3 fully saturated rings. The molecule has 0 bridgehead atoms. The van der Waals surface area contributed by atoms with E-state index in [1.807, 2.05) is 142 Å². The first-order valence-electron chi connectivity index (χ1n) is 43.0. The third kappa shape index (κ3) is 33.0. The van der Waals surface area contributed by atoms with E-state index in [4.69, 9.17) is 39.5 Å². The van der Waals surface area contributed by atoms with Crippen molar-refractivity contribution in [1.29, 1.82) is 0 Å². The number of ether oxygens (including phenoxy) is 5. The van der Waals surface area contributed by atoms with Crippen LogP contribution < -0.4 is 51.4 Å². The van der Waals surface area contributed by atoms with Gasteiger partial charge in [-0.05, 0) is 240 Å². The molecule has 4 atom stereocenters. The molecule has 24 nitrogen and oxygen atoms in total. The number of halogens is 5. The monoisotopic (exact) mass is 1910 g/mol. The van der Waals surface area contributed by atoms with Crippen molar-refractivity contribution < 1.29 is 122 Å². The van der Waals surface area contributed by atoms with Crippen LogP contribution in [0.25, 0.3) is 87.9 Å². The van der Waals surface area contributed by atoms with E-state index >= 15 is 0 Å². The maximum atomic E-state index is 13.4. The van der Waals surface area contributed by atoms with Gasteiger partial charge in [0.2, 0.25) is 0 Å². The zero-order chi connectivity index (χ0) is 93.8. The summed E-state index contributed by atoms with van der Waals surface area (Å²) in [7, 11) is 2.82. The first kappa shape index (κ1) is 110. The summed E-state index contributed by atoms with van der Waals surface area (Å²) in [6.07, 6.45) is 10.6. The van der Waals surface area contributed by atoms with Gasteiger partial charge in [0.15, 0.2) is 0 Å². The van der Waals surface area contributed by atoms with Crippen molar-refractivity contribution in [2.24, 2.45) is 33.7 Å². The largest absolute Gasteiger partial charge is 1.00 e. The van der Waals surface area contributed by atoms with Crippen molar-refractivity contribution in [3.63, 3.8) is 0 Å². The number of esters is 3. The molecular formula is C100H116B2BrF4N9NaO15S. The number of hydrogen-bond acceptors (Lipinski definition) is 17. The molecule has 0 spiro atoms. The van der Waals surface area contributed by atoms with Crippen LogP contribution in [-0.2, 0) is 23.7 Å². The van der Waals surface area contributed by atoms with Gasteiger partial charge < -0.3 is 85.6 Å². The van der Waals surface area contributed by atoms with Crippen molar-refractivity contribution in [2.75, 3.05) is 52.7 Å². The van der Waals surface area contributed by atoms with Crippen LogP contribution >= 0.6 is 28.7 Å². The molecule has 3 aliphatic rings. The van der Waals surface area contributed by atoms with E-state index in [1.165, 1.54) is 106 Å². The minimum absolute atomic E-state index is 0. The first-order valence-corrected chi connectivity index (χ1v) is 44.2. The van der Waals surface area contributed by atoms with Gasteiger partial charge in [0.1, 0.15) is 57.3 Å². The molecule has 9 aromatic carbocycles. The molecule has 2 aliphatic carbocycles. The van der Waals surface area contributed by atoms with E-state index in [0.29, 0.717) is 90.0 Å².